The van der Waals surface area contributed by atoms with Crippen LogP contribution in [0.15, 0.2) is 85.1 Å². The highest BCUT2D eigenvalue weighted by atomic mass is 31.2. The summed E-state index contributed by atoms with van der Waals surface area (Å²) >= 11 is 0. The summed E-state index contributed by atoms with van der Waals surface area (Å²) in [6, 6.07) is 0. The molecule has 0 aliphatic heterocycles. The SMILES string of the molecule is CC/C=C\C/C=C\C/C=C\C/C=C\CCCCCOCC(COP(=O)(O)OCC[N+](C)(C)C)OC(=O)CCCCCCCC/C=C\C/C=C\C/C=C\CCCCC. The lowest BCUT2D eigenvalue weighted by atomic mass is 10.1. The predicted octanol–water partition coefficient (Wildman–Crippen LogP) is 13.3. The second-order valence-corrected chi connectivity index (χ2v) is 17.1. The van der Waals surface area contributed by atoms with E-state index in [9.17, 15) is 14.3 Å². The van der Waals surface area contributed by atoms with Crippen LogP contribution in [0.3, 0.4) is 0 Å². The van der Waals surface area contributed by atoms with Gasteiger partial charge in [0.05, 0.1) is 34.4 Å². The molecular weight excluding hydrogens is 734 g/mol. The zero-order valence-corrected chi connectivity index (χ0v) is 37.9. The lowest BCUT2D eigenvalue weighted by Crippen LogP contribution is -2.37. The summed E-state index contributed by atoms with van der Waals surface area (Å²) in [6.07, 6.45) is 53.3. The topological polar surface area (TPSA) is 91.3 Å². The summed E-state index contributed by atoms with van der Waals surface area (Å²) in [6.45, 7) is 5.36. The smallest absolute Gasteiger partial charge is 0.457 e. The van der Waals surface area contributed by atoms with Gasteiger partial charge in [0.2, 0.25) is 0 Å². The van der Waals surface area contributed by atoms with E-state index in [1.807, 2.05) is 21.1 Å². The number of hydrogen-bond acceptors (Lipinski definition) is 6. The van der Waals surface area contributed by atoms with Crippen molar-refractivity contribution in [1.29, 1.82) is 0 Å². The van der Waals surface area contributed by atoms with Crippen molar-refractivity contribution in [3.63, 3.8) is 0 Å². The summed E-state index contributed by atoms with van der Waals surface area (Å²) < 4.78 is 35.0. The van der Waals surface area contributed by atoms with Gasteiger partial charge in [0.15, 0.2) is 0 Å². The van der Waals surface area contributed by atoms with Crippen molar-refractivity contribution in [2.24, 2.45) is 0 Å². The number of carbonyl (C=O) groups is 1. The molecule has 0 rings (SSSR count). The number of likely N-dealkylation sites (N-methyl/N-ethyl adjacent to an activating group) is 1. The number of quaternary nitrogens is 1. The number of phosphoric acid groups is 1. The Kier molecular flexibility index (Phi) is 38.8. The molecule has 57 heavy (non-hydrogen) atoms. The lowest BCUT2D eigenvalue weighted by molar-refractivity contribution is -0.870. The molecule has 0 heterocycles. The molecule has 0 bridgehead atoms. The van der Waals surface area contributed by atoms with E-state index in [2.05, 4.69) is 98.9 Å². The zero-order valence-electron chi connectivity index (χ0n) is 37.0. The molecule has 0 aromatic carbocycles. The molecule has 0 radical (unpaired) electrons. The average Bonchev–Trinajstić information content (AvgIpc) is 3.16. The van der Waals surface area contributed by atoms with E-state index < -0.39 is 13.9 Å². The fraction of sp³-hybridized carbons (Fsp3) is 0.688. The van der Waals surface area contributed by atoms with Crippen LogP contribution in [0.4, 0.5) is 0 Å². The van der Waals surface area contributed by atoms with Gasteiger partial charge >= 0.3 is 13.8 Å². The summed E-state index contributed by atoms with van der Waals surface area (Å²) in [5.74, 6) is -0.342. The van der Waals surface area contributed by atoms with Crippen LogP contribution in [0.5, 0.6) is 0 Å². The molecule has 8 nitrogen and oxygen atoms in total. The van der Waals surface area contributed by atoms with Crippen LogP contribution in [0, 0.1) is 0 Å². The second kappa shape index (κ2) is 40.5. The van der Waals surface area contributed by atoms with Gasteiger partial charge in [-0.3, -0.25) is 13.8 Å². The Balaban J connectivity index is 4.33. The maximum absolute atomic E-state index is 12.7. The Bertz CT molecular complexity index is 1180. The number of phosphoric ester groups is 1. The molecule has 1 N–H and O–H groups in total. The van der Waals surface area contributed by atoms with Crippen LogP contribution in [-0.4, -0.2) is 75.6 Å². The normalized spacial score (nSPS) is 14.6. The molecule has 0 saturated carbocycles. The number of esters is 1. The van der Waals surface area contributed by atoms with E-state index in [0.29, 0.717) is 24.1 Å². The number of carbonyl (C=O) groups excluding carboxylic acids is 1. The third kappa shape index (κ3) is 44.6. The monoisotopic (exact) mass is 819 g/mol. The van der Waals surface area contributed by atoms with E-state index in [-0.39, 0.29) is 25.8 Å². The number of allylic oxidation sites excluding steroid dienone is 14. The number of rotatable bonds is 40. The van der Waals surface area contributed by atoms with Crippen LogP contribution in [0.25, 0.3) is 0 Å². The standard InChI is InChI=1S/C48H84NO7P/c1-6-8-10-12-14-16-18-20-22-24-25-26-27-29-31-33-35-37-39-41-48(50)56-47(46-55-57(51,52)54-44-42-49(3,4)5)45-53-43-40-38-36-34-32-30-28-23-21-19-17-15-13-11-9-7-2/h9,11,14-17,20-23,25-26,30,32,47H,6-8,10,12-13,18-19,24,27-29,31,33-46H2,1-5H3/p+1/b11-9-,16-14-,17-15-,22-20-,23-21-,26-25-,32-30-. The van der Waals surface area contributed by atoms with Gasteiger partial charge in [-0.25, -0.2) is 4.57 Å². The Labute approximate surface area is 350 Å². The van der Waals surface area contributed by atoms with Crippen LogP contribution >= 0.6 is 7.82 Å². The lowest BCUT2D eigenvalue weighted by Gasteiger charge is -2.24. The van der Waals surface area contributed by atoms with Crippen molar-refractivity contribution < 1.29 is 37.3 Å². The molecule has 328 valence electrons. The van der Waals surface area contributed by atoms with Gasteiger partial charge in [-0.1, -0.05) is 144 Å². The molecule has 2 atom stereocenters. The number of hydrogen-bond donors (Lipinski definition) is 1. The minimum Gasteiger partial charge on any atom is -0.457 e. The fourth-order valence-corrected chi connectivity index (χ4v) is 6.23. The fourth-order valence-electron chi connectivity index (χ4n) is 5.49. The van der Waals surface area contributed by atoms with Crippen LogP contribution in [0.1, 0.15) is 155 Å². The van der Waals surface area contributed by atoms with Gasteiger partial charge in [0, 0.05) is 13.0 Å². The van der Waals surface area contributed by atoms with Crippen molar-refractivity contribution in [1.82, 2.24) is 0 Å². The van der Waals surface area contributed by atoms with E-state index in [0.717, 1.165) is 96.3 Å². The molecular formula is C48H85NO7P+. The second-order valence-electron chi connectivity index (χ2n) is 15.7. The largest absolute Gasteiger partial charge is 0.472 e. The van der Waals surface area contributed by atoms with Gasteiger partial charge in [-0.05, 0) is 89.9 Å². The van der Waals surface area contributed by atoms with Gasteiger partial charge < -0.3 is 18.9 Å². The molecule has 0 aromatic rings. The highest BCUT2D eigenvalue weighted by Crippen LogP contribution is 2.43. The van der Waals surface area contributed by atoms with Gasteiger partial charge in [-0.2, -0.15) is 0 Å². The van der Waals surface area contributed by atoms with Crippen LogP contribution < -0.4 is 0 Å². The van der Waals surface area contributed by atoms with Crippen LogP contribution in [-0.2, 0) is 27.9 Å². The summed E-state index contributed by atoms with van der Waals surface area (Å²) in [4.78, 5) is 22.9. The first kappa shape index (κ1) is 54.7. The number of ether oxygens (including phenoxy) is 2. The molecule has 0 spiro atoms. The van der Waals surface area contributed by atoms with E-state index in [1.54, 1.807) is 0 Å². The molecule has 0 aromatic heterocycles. The Hall–Kier alpha value is -2.32. The molecule has 0 amide bonds. The molecule has 0 aliphatic carbocycles. The average molecular weight is 819 g/mol. The van der Waals surface area contributed by atoms with Crippen molar-refractivity contribution in [3.8, 4) is 0 Å². The first-order valence-electron chi connectivity index (χ1n) is 22.3. The Morgan fingerprint density at radius 1 is 0.561 bits per heavy atom. The first-order valence-corrected chi connectivity index (χ1v) is 23.8. The Morgan fingerprint density at radius 2 is 1.02 bits per heavy atom. The van der Waals surface area contributed by atoms with Crippen molar-refractivity contribution in [3.05, 3.63) is 85.1 Å². The van der Waals surface area contributed by atoms with E-state index in [1.165, 1.54) is 38.5 Å². The van der Waals surface area contributed by atoms with Crippen LogP contribution in [0.2, 0.25) is 0 Å². The minimum absolute atomic E-state index is 0.0744. The van der Waals surface area contributed by atoms with E-state index >= 15 is 0 Å². The summed E-state index contributed by atoms with van der Waals surface area (Å²) in [5, 5.41) is 0. The van der Waals surface area contributed by atoms with Gasteiger partial charge in [0.25, 0.3) is 0 Å². The third-order valence-electron chi connectivity index (χ3n) is 8.94. The van der Waals surface area contributed by atoms with Gasteiger partial charge in [-0.15, -0.1) is 0 Å². The predicted molar refractivity (Wildman–Crippen MR) is 242 cm³/mol. The molecule has 2 unspecified atom stereocenters. The van der Waals surface area contributed by atoms with Crippen molar-refractivity contribution in [2.45, 2.75) is 161 Å². The quantitative estimate of drug-likeness (QED) is 0.0216. The molecule has 0 saturated heterocycles. The maximum atomic E-state index is 12.7. The van der Waals surface area contributed by atoms with Crippen molar-refractivity contribution in [2.75, 3.05) is 54.1 Å². The van der Waals surface area contributed by atoms with Crippen molar-refractivity contribution >= 4 is 13.8 Å². The summed E-state index contributed by atoms with van der Waals surface area (Å²) in [7, 11) is 1.62. The minimum atomic E-state index is -4.29. The zero-order chi connectivity index (χ0) is 42.0. The van der Waals surface area contributed by atoms with Gasteiger partial charge in [0.1, 0.15) is 19.3 Å². The first-order chi connectivity index (χ1) is 27.6. The highest BCUT2D eigenvalue weighted by Gasteiger charge is 2.26. The molecule has 0 aliphatic rings. The molecule has 9 heteroatoms. The molecule has 0 fully saturated rings. The number of unbranched alkanes of at least 4 members (excludes halogenated alkanes) is 12. The summed E-state index contributed by atoms with van der Waals surface area (Å²) in [5.41, 5.74) is 0. The highest BCUT2D eigenvalue weighted by molar-refractivity contribution is 7.47. The number of nitrogens with zero attached hydrogens (tertiary/aromatic N) is 1. The third-order valence-corrected chi connectivity index (χ3v) is 9.92. The maximum Gasteiger partial charge on any atom is 0.472 e. The Morgan fingerprint density at radius 3 is 1.53 bits per heavy atom. The van der Waals surface area contributed by atoms with E-state index in [4.69, 9.17) is 18.5 Å².